The number of aromatic nitrogens is 2. The summed E-state index contributed by atoms with van der Waals surface area (Å²) in [6.07, 6.45) is 0.683. The molecule has 0 spiro atoms. The highest BCUT2D eigenvalue weighted by Gasteiger charge is 2.06. The average Bonchev–Trinajstić information content (AvgIpc) is 2.95. The molecule has 0 aliphatic heterocycles. The van der Waals surface area contributed by atoms with Crippen LogP contribution in [0.3, 0.4) is 0 Å². The van der Waals surface area contributed by atoms with E-state index in [0.29, 0.717) is 24.7 Å². The zero-order chi connectivity index (χ0) is 14.5. The normalized spacial score (nSPS) is 10.5. The lowest BCUT2D eigenvalue weighted by atomic mass is 10.1. The van der Waals surface area contributed by atoms with E-state index in [0.717, 1.165) is 10.2 Å². The predicted molar refractivity (Wildman–Crippen MR) is 85.0 cm³/mol. The summed E-state index contributed by atoms with van der Waals surface area (Å²) >= 11 is 3.41. The molecular formula is C16H14BrN3O. The number of halogens is 1. The van der Waals surface area contributed by atoms with E-state index in [-0.39, 0.29) is 0 Å². The predicted octanol–water partition coefficient (Wildman–Crippen LogP) is 4.04. The Labute approximate surface area is 131 Å². The van der Waals surface area contributed by atoms with Crippen molar-refractivity contribution in [2.24, 2.45) is 0 Å². The maximum absolute atomic E-state index is 5.25. The van der Waals surface area contributed by atoms with Gasteiger partial charge in [0.2, 0.25) is 5.89 Å². The summed E-state index contributed by atoms with van der Waals surface area (Å²) in [4.78, 5) is 4.39. The largest absolute Gasteiger partial charge is 0.376 e. The molecule has 3 rings (SSSR count). The highest BCUT2D eigenvalue weighted by molar-refractivity contribution is 9.10. The molecule has 2 aromatic carbocycles. The first kappa shape index (κ1) is 13.8. The number of nitrogens with zero attached hydrogens (tertiary/aromatic N) is 2. The van der Waals surface area contributed by atoms with Crippen molar-refractivity contribution in [1.29, 1.82) is 0 Å². The van der Waals surface area contributed by atoms with Crippen LogP contribution in [0.1, 0.15) is 17.3 Å². The Morgan fingerprint density at radius 1 is 1.00 bits per heavy atom. The van der Waals surface area contributed by atoms with Crippen LogP contribution in [-0.4, -0.2) is 10.1 Å². The van der Waals surface area contributed by atoms with Gasteiger partial charge in [0.1, 0.15) is 0 Å². The van der Waals surface area contributed by atoms with E-state index in [1.807, 2.05) is 42.5 Å². The van der Waals surface area contributed by atoms with Crippen molar-refractivity contribution >= 4 is 21.6 Å². The van der Waals surface area contributed by atoms with E-state index in [9.17, 15) is 0 Å². The topological polar surface area (TPSA) is 51.0 Å². The average molecular weight is 344 g/mol. The Morgan fingerprint density at radius 2 is 1.76 bits per heavy atom. The minimum absolute atomic E-state index is 0.517. The minimum Gasteiger partial charge on any atom is -0.376 e. The van der Waals surface area contributed by atoms with Gasteiger partial charge in [-0.3, -0.25) is 0 Å². The molecule has 3 aromatic rings. The van der Waals surface area contributed by atoms with Gasteiger partial charge in [0, 0.05) is 16.6 Å². The standard InChI is InChI=1S/C16H14BrN3O/c17-13-6-8-14(9-7-13)18-11-16-19-15(20-21-16)10-12-4-2-1-3-5-12/h1-9,18H,10-11H2. The first-order valence-electron chi connectivity index (χ1n) is 6.64. The molecule has 0 aliphatic carbocycles. The third kappa shape index (κ3) is 3.92. The van der Waals surface area contributed by atoms with Crippen molar-refractivity contribution in [3.8, 4) is 0 Å². The molecule has 0 unspecified atom stereocenters. The summed E-state index contributed by atoms with van der Waals surface area (Å²) in [6.45, 7) is 0.517. The molecule has 0 aliphatic rings. The van der Waals surface area contributed by atoms with Crippen molar-refractivity contribution in [2.45, 2.75) is 13.0 Å². The molecule has 106 valence electrons. The van der Waals surface area contributed by atoms with Gasteiger partial charge in [-0.2, -0.15) is 4.98 Å². The summed E-state index contributed by atoms with van der Waals surface area (Å²) in [6, 6.07) is 18.1. The molecule has 1 heterocycles. The van der Waals surface area contributed by atoms with E-state index in [1.165, 1.54) is 5.56 Å². The number of benzene rings is 2. The molecule has 1 aromatic heterocycles. The van der Waals surface area contributed by atoms with E-state index in [2.05, 4.69) is 43.5 Å². The summed E-state index contributed by atoms with van der Waals surface area (Å²) < 4.78 is 6.30. The first-order chi connectivity index (χ1) is 10.3. The Hall–Kier alpha value is -2.14. The molecule has 0 amide bonds. The number of nitrogens with one attached hydrogen (secondary N) is 1. The van der Waals surface area contributed by atoms with Crippen LogP contribution in [0.25, 0.3) is 0 Å². The molecule has 5 heteroatoms. The molecule has 0 saturated carbocycles. The number of hydrogen-bond donors (Lipinski definition) is 1. The monoisotopic (exact) mass is 343 g/mol. The Bertz CT molecular complexity index is 695. The zero-order valence-electron chi connectivity index (χ0n) is 11.3. The van der Waals surface area contributed by atoms with Gasteiger partial charge < -0.3 is 9.84 Å². The Morgan fingerprint density at radius 3 is 2.52 bits per heavy atom. The Balaban J connectivity index is 1.59. The molecule has 21 heavy (non-hydrogen) atoms. The van der Waals surface area contributed by atoms with Crippen molar-refractivity contribution in [3.05, 3.63) is 76.3 Å². The second-order valence-electron chi connectivity index (χ2n) is 4.63. The third-order valence-electron chi connectivity index (χ3n) is 3.00. The second-order valence-corrected chi connectivity index (χ2v) is 5.54. The lowest BCUT2D eigenvalue weighted by Gasteiger charge is -2.02. The van der Waals surface area contributed by atoms with Crippen LogP contribution >= 0.6 is 15.9 Å². The van der Waals surface area contributed by atoms with Gasteiger partial charge in [0.25, 0.3) is 0 Å². The van der Waals surface area contributed by atoms with Gasteiger partial charge in [0.15, 0.2) is 5.82 Å². The van der Waals surface area contributed by atoms with Crippen molar-refractivity contribution in [2.75, 3.05) is 5.32 Å². The minimum atomic E-state index is 0.517. The van der Waals surface area contributed by atoms with Gasteiger partial charge in [0.05, 0.1) is 6.54 Å². The van der Waals surface area contributed by atoms with Gasteiger partial charge in [-0.05, 0) is 29.8 Å². The maximum atomic E-state index is 5.25. The maximum Gasteiger partial charge on any atom is 0.245 e. The number of anilines is 1. The SMILES string of the molecule is Brc1ccc(NCc2nc(Cc3ccccc3)no2)cc1. The van der Waals surface area contributed by atoms with Gasteiger partial charge in [-0.1, -0.05) is 51.4 Å². The van der Waals surface area contributed by atoms with Crippen molar-refractivity contribution in [1.82, 2.24) is 10.1 Å². The fourth-order valence-electron chi connectivity index (χ4n) is 1.96. The van der Waals surface area contributed by atoms with E-state index in [4.69, 9.17) is 4.52 Å². The number of rotatable bonds is 5. The molecule has 0 fully saturated rings. The van der Waals surface area contributed by atoms with Crippen LogP contribution in [0.2, 0.25) is 0 Å². The van der Waals surface area contributed by atoms with E-state index >= 15 is 0 Å². The highest BCUT2D eigenvalue weighted by Crippen LogP contribution is 2.15. The fourth-order valence-corrected chi connectivity index (χ4v) is 2.22. The van der Waals surface area contributed by atoms with E-state index < -0.39 is 0 Å². The van der Waals surface area contributed by atoms with Crippen LogP contribution in [-0.2, 0) is 13.0 Å². The van der Waals surface area contributed by atoms with Crippen LogP contribution < -0.4 is 5.32 Å². The highest BCUT2D eigenvalue weighted by atomic mass is 79.9. The number of hydrogen-bond acceptors (Lipinski definition) is 4. The van der Waals surface area contributed by atoms with Gasteiger partial charge in [-0.25, -0.2) is 0 Å². The molecule has 0 saturated heterocycles. The molecule has 0 radical (unpaired) electrons. The molecule has 0 atom stereocenters. The molecule has 0 bridgehead atoms. The summed E-state index contributed by atoms with van der Waals surface area (Å²) in [5.41, 5.74) is 2.19. The molecular weight excluding hydrogens is 330 g/mol. The van der Waals surface area contributed by atoms with Crippen molar-refractivity contribution < 1.29 is 4.52 Å². The van der Waals surface area contributed by atoms with Crippen LogP contribution in [0.5, 0.6) is 0 Å². The smallest absolute Gasteiger partial charge is 0.245 e. The van der Waals surface area contributed by atoms with Crippen LogP contribution in [0, 0.1) is 0 Å². The van der Waals surface area contributed by atoms with Crippen LogP contribution in [0.15, 0.2) is 63.6 Å². The summed E-state index contributed by atoms with van der Waals surface area (Å²) in [5.74, 6) is 1.29. The molecule has 1 N–H and O–H groups in total. The quantitative estimate of drug-likeness (QED) is 0.759. The van der Waals surface area contributed by atoms with E-state index in [1.54, 1.807) is 0 Å². The van der Waals surface area contributed by atoms with Gasteiger partial charge >= 0.3 is 0 Å². The summed E-state index contributed by atoms with van der Waals surface area (Å²) in [7, 11) is 0. The zero-order valence-corrected chi connectivity index (χ0v) is 12.9. The fraction of sp³-hybridized carbons (Fsp3) is 0.125. The van der Waals surface area contributed by atoms with Crippen molar-refractivity contribution in [3.63, 3.8) is 0 Å². The Kier molecular flexibility index (Phi) is 4.31. The lowest BCUT2D eigenvalue weighted by Crippen LogP contribution is -1.99. The lowest BCUT2D eigenvalue weighted by molar-refractivity contribution is 0.378. The molecule has 4 nitrogen and oxygen atoms in total. The first-order valence-corrected chi connectivity index (χ1v) is 7.44. The van der Waals surface area contributed by atoms with Gasteiger partial charge in [-0.15, -0.1) is 0 Å². The van der Waals surface area contributed by atoms with Crippen LogP contribution in [0.4, 0.5) is 5.69 Å². The third-order valence-corrected chi connectivity index (χ3v) is 3.53. The summed E-state index contributed by atoms with van der Waals surface area (Å²) in [5, 5.41) is 7.25. The second kappa shape index (κ2) is 6.54.